The molecule has 0 fully saturated rings. The van der Waals surface area contributed by atoms with Crippen LogP contribution < -0.4 is 5.32 Å². The van der Waals surface area contributed by atoms with Gasteiger partial charge in [0.25, 0.3) is 0 Å². The van der Waals surface area contributed by atoms with E-state index < -0.39 is 0 Å². The molecule has 0 radical (unpaired) electrons. The molecule has 1 rings (SSSR count). The molecule has 0 bridgehead atoms. The third-order valence-electron chi connectivity index (χ3n) is 1.26. The van der Waals surface area contributed by atoms with E-state index in [9.17, 15) is 4.79 Å². The molecule has 1 aromatic rings. The highest BCUT2D eigenvalue weighted by Crippen LogP contribution is 2.20. The van der Waals surface area contributed by atoms with Crippen molar-refractivity contribution in [3.63, 3.8) is 0 Å². The van der Waals surface area contributed by atoms with Crippen molar-refractivity contribution in [2.24, 2.45) is 4.99 Å². The molecular weight excluding hydrogens is 166 g/mol. The van der Waals surface area contributed by atoms with Crippen molar-refractivity contribution in [3.05, 3.63) is 12.3 Å². The van der Waals surface area contributed by atoms with Gasteiger partial charge >= 0.3 is 0 Å². The molecule has 0 saturated heterocycles. The van der Waals surface area contributed by atoms with Gasteiger partial charge in [0.2, 0.25) is 0 Å². The molecule has 1 heterocycles. The SMILES string of the molecule is CC.CNc1cc[nH]c1/N=C\C=O. The van der Waals surface area contributed by atoms with Gasteiger partial charge in [-0.25, -0.2) is 4.99 Å². The van der Waals surface area contributed by atoms with Crippen LogP contribution in [0.5, 0.6) is 0 Å². The Bertz CT molecular complexity index is 266. The Morgan fingerprint density at radius 2 is 2.23 bits per heavy atom. The highest BCUT2D eigenvalue weighted by Gasteiger charge is 1.96. The Labute approximate surface area is 78.1 Å². The van der Waals surface area contributed by atoms with E-state index in [1.807, 2.05) is 19.9 Å². The second-order valence-corrected chi connectivity index (χ2v) is 1.90. The summed E-state index contributed by atoms with van der Waals surface area (Å²) in [6.07, 6.45) is 3.59. The molecule has 4 heteroatoms. The molecular formula is C9H15N3O. The molecule has 13 heavy (non-hydrogen) atoms. The molecule has 72 valence electrons. The van der Waals surface area contributed by atoms with Crippen molar-refractivity contribution < 1.29 is 4.79 Å². The van der Waals surface area contributed by atoms with Crippen LogP contribution in [-0.2, 0) is 4.79 Å². The molecule has 0 amide bonds. The number of aliphatic imine (C=N–C) groups is 1. The van der Waals surface area contributed by atoms with Gasteiger partial charge in [0.15, 0.2) is 12.1 Å². The predicted molar refractivity (Wildman–Crippen MR) is 55.9 cm³/mol. The van der Waals surface area contributed by atoms with Gasteiger partial charge in [-0.15, -0.1) is 0 Å². The largest absolute Gasteiger partial charge is 0.385 e. The Morgan fingerprint density at radius 3 is 2.77 bits per heavy atom. The number of aldehydes is 1. The number of nitrogens with one attached hydrogen (secondary N) is 2. The van der Waals surface area contributed by atoms with Crippen LogP contribution in [0, 0.1) is 0 Å². The zero-order chi connectivity index (χ0) is 10.1. The van der Waals surface area contributed by atoms with E-state index in [-0.39, 0.29) is 0 Å². The quantitative estimate of drug-likeness (QED) is 0.553. The molecule has 0 spiro atoms. The zero-order valence-corrected chi connectivity index (χ0v) is 8.16. The lowest BCUT2D eigenvalue weighted by atomic mass is 10.5. The molecule has 0 aliphatic carbocycles. The van der Waals surface area contributed by atoms with Crippen molar-refractivity contribution in [1.82, 2.24) is 4.98 Å². The first-order valence-electron chi connectivity index (χ1n) is 4.21. The van der Waals surface area contributed by atoms with Crippen LogP contribution in [0.1, 0.15) is 13.8 Å². The summed E-state index contributed by atoms with van der Waals surface area (Å²) in [6.45, 7) is 4.00. The van der Waals surface area contributed by atoms with E-state index in [0.717, 1.165) is 5.69 Å². The summed E-state index contributed by atoms with van der Waals surface area (Å²) in [7, 11) is 1.79. The van der Waals surface area contributed by atoms with Gasteiger partial charge in [-0.05, 0) is 6.07 Å². The van der Waals surface area contributed by atoms with Gasteiger partial charge in [-0.1, -0.05) is 13.8 Å². The van der Waals surface area contributed by atoms with Gasteiger partial charge in [0, 0.05) is 13.2 Å². The van der Waals surface area contributed by atoms with Gasteiger partial charge < -0.3 is 10.3 Å². The fourth-order valence-corrected chi connectivity index (χ4v) is 0.774. The van der Waals surface area contributed by atoms with Crippen molar-refractivity contribution in [1.29, 1.82) is 0 Å². The number of hydrogen-bond donors (Lipinski definition) is 2. The second kappa shape index (κ2) is 7.09. The first-order valence-corrected chi connectivity index (χ1v) is 4.21. The molecule has 1 aromatic heterocycles. The van der Waals surface area contributed by atoms with Crippen LogP contribution in [0.3, 0.4) is 0 Å². The van der Waals surface area contributed by atoms with Gasteiger partial charge in [-0.2, -0.15) is 0 Å². The number of aromatic nitrogens is 1. The maximum Gasteiger partial charge on any atom is 0.161 e. The highest BCUT2D eigenvalue weighted by atomic mass is 16.1. The molecule has 0 aliphatic heterocycles. The highest BCUT2D eigenvalue weighted by molar-refractivity contribution is 6.13. The number of anilines is 1. The van der Waals surface area contributed by atoms with Crippen molar-refractivity contribution in [3.8, 4) is 0 Å². The first kappa shape index (κ1) is 11.4. The predicted octanol–water partition coefficient (Wildman–Crippen LogP) is 1.98. The number of hydrogen-bond acceptors (Lipinski definition) is 3. The van der Waals surface area contributed by atoms with Gasteiger partial charge in [0.1, 0.15) is 0 Å². The molecule has 0 aromatic carbocycles. The van der Waals surface area contributed by atoms with Gasteiger partial charge in [0.05, 0.1) is 11.9 Å². The summed E-state index contributed by atoms with van der Waals surface area (Å²) in [5.41, 5.74) is 0.878. The minimum absolute atomic E-state index is 0.639. The van der Waals surface area contributed by atoms with Gasteiger partial charge in [-0.3, -0.25) is 4.79 Å². The lowest BCUT2D eigenvalue weighted by molar-refractivity contribution is -0.102. The van der Waals surface area contributed by atoms with Crippen molar-refractivity contribution in [2.75, 3.05) is 12.4 Å². The number of nitrogens with zero attached hydrogens (tertiary/aromatic N) is 1. The number of carbonyl (C=O) groups excluding carboxylic acids is 1. The van der Waals surface area contributed by atoms with E-state index in [4.69, 9.17) is 0 Å². The third-order valence-corrected chi connectivity index (χ3v) is 1.26. The average molecular weight is 181 g/mol. The number of carbonyl (C=O) groups is 1. The molecule has 4 nitrogen and oxygen atoms in total. The van der Waals surface area contributed by atoms with Crippen LogP contribution >= 0.6 is 0 Å². The topological polar surface area (TPSA) is 57.2 Å². The Balaban J connectivity index is 0.000000671. The minimum Gasteiger partial charge on any atom is -0.385 e. The lowest BCUT2D eigenvalue weighted by Crippen LogP contribution is -1.84. The third kappa shape index (κ3) is 3.55. The van der Waals surface area contributed by atoms with Crippen LogP contribution in [0.25, 0.3) is 0 Å². The fourth-order valence-electron chi connectivity index (χ4n) is 0.774. The fraction of sp³-hybridized carbons (Fsp3) is 0.333. The zero-order valence-electron chi connectivity index (χ0n) is 8.16. The first-order chi connectivity index (χ1) is 6.38. The monoisotopic (exact) mass is 181 g/mol. The van der Waals surface area contributed by atoms with E-state index in [0.29, 0.717) is 12.1 Å². The van der Waals surface area contributed by atoms with Crippen molar-refractivity contribution in [2.45, 2.75) is 13.8 Å². The molecule has 0 unspecified atom stereocenters. The summed E-state index contributed by atoms with van der Waals surface area (Å²) in [5, 5.41) is 2.92. The summed E-state index contributed by atoms with van der Waals surface area (Å²) >= 11 is 0. The van der Waals surface area contributed by atoms with Crippen LogP contribution in [0.4, 0.5) is 11.5 Å². The van der Waals surface area contributed by atoms with Crippen LogP contribution in [0.15, 0.2) is 17.3 Å². The average Bonchev–Trinajstić information content (AvgIpc) is 2.65. The Morgan fingerprint density at radius 1 is 1.54 bits per heavy atom. The maximum atomic E-state index is 9.92. The minimum atomic E-state index is 0.639. The number of rotatable bonds is 3. The summed E-state index contributed by atoms with van der Waals surface area (Å²) in [4.78, 5) is 16.6. The molecule has 0 saturated carbocycles. The van der Waals surface area contributed by atoms with E-state index in [1.165, 1.54) is 6.21 Å². The van der Waals surface area contributed by atoms with Crippen LogP contribution in [0.2, 0.25) is 0 Å². The van der Waals surface area contributed by atoms with E-state index in [2.05, 4.69) is 15.3 Å². The van der Waals surface area contributed by atoms with E-state index in [1.54, 1.807) is 13.2 Å². The number of H-pyrrole nitrogens is 1. The molecule has 0 aliphatic rings. The maximum absolute atomic E-state index is 9.92. The standard InChI is InChI=1S/C7H9N3O.C2H6/c1-8-6-2-3-9-7(6)10-4-5-11;1-2/h2-5,8-9H,1H3;1-2H3/b10-4-;. The Kier molecular flexibility index (Phi) is 6.23. The number of aromatic amines is 1. The normalized spacial score (nSPS) is 9.15. The smallest absolute Gasteiger partial charge is 0.161 e. The summed E-state index contributed by atoms with van der Waals surface area (Å²) < 4.78 is 0. The summed E-state index contributed by atoms with van der Waals surface area (Å²) in [6, 6.07) is 1.84. The Hall–Kier alpha value is -1.58. The van der Waals surface area contributed by atoms with Crippen molar-refractivity contribution >= 4 is 24.0 Å². The van der Waals surface area contributed by atoms with Crippen LogP contribution in [-0.4, -0.2) is 24.5 Å². The lowest BCUT2D eigenvalue weighted by Gasteiger charge is -1.94. The molecule has 0 atom stereocenters. The molecule has 2 N–H and O–H groups in total. The second-order valence-electron chi connectivity index (χ2n) is 1.90. The summed E-state index contributed by atoms with van der Waals surface area (Å²) in [5.74, 6) is 0.666. The van der Waals surface area contributed by atoms with E-state index >= 15 is 0 Å².